The van der Waals surface area contributed by atoms with E-state index in [9.17, 15) is 22.8 Å². The number of anilines is 1. The number of carbonyl (C=O) groups excluding carboxylic acids is 2. The molecule has 2 heterocycles. The number of aromatic nitrogens is 4. The number of nitrogens with one attached hydrogen (secondary N) is 1. The van der Waals surface area contributed by atoms with E-state index in [0.29, 0.717) is 6.54 Å². The number of rotatable bonds is 5. The molecule has 0 radical (unpaired) electrons. The number of hydrogen-bond donors (Lipinski definition) is 2. The van der Waals surface area contributed by atoms with Crippen molar-refractivity contribution in [1.82, 2.24) is 19.6 Å². The van der Waals surface area contributed by atoms with E-state index < -0.39 is 30.2 Å². The second-order valence-corrected chi connectivity index (χ2v) is 5.83. The van der Waals surface area contributed by atoms with E-state index in [1.165, 1.54) is 17.8 Å². The summed E-state index contributed by atoms with van der Waals surface area (Å²) in [6.07, 6.45) is -3.40. The molecule has 136 valence electrons. The van der Waals surface area contributed by atoms with Crippen molar-refractivity contribution in [3.8, 4) is 0 Å². The highest BCUT2D eigenvalue weighted by Crippen LogP contribution is 2.35. The number of alkyl halides is 3. The Kier molecular flexibility index (Phi) is 5.20. The van der Waals surface area contributed by atoms with Gasteiger partial charge >= 0.3 is 6.18 Å². The summed E-state index contributed by atoms with van der Waals surface area (Å²) < 4.78 is 40.5. The van der Waals surface area contributed by atoms with Crippen LogP contribution < -0.4 is 11.1 Å². The van der Waals surface area contributed by atoms with Crippen molar-refractivity contribution in [2.45, 2.75) is 33.1 Å². The van der Waals surface area contributed by atoms with Crippen LogP contribution in [-0.2, 0) is 24.1 Å². The third kappa shape index (κ3) is 3.83. The molecule has 8 nitrogen and oxygen atoms in total. The van der Waals surface area contributed by atoms with Gasteiger partial charge in [0.1, 0.15) is 12.2 Å². The topological polar surface area (TPSA) is 108 Å². The second kappa shape index (κ2) is 6.86. The Morgan fingerprint density at radius 2 is 2.00 bits per heavy atom. The zero-order valence-corrected chi connectivity index (χ0v) is 14.8. The molecule has 3 N–H and O–H groups in total. The monoisotopic (exact) mass is 422 g/mol. The van der Waals surface area contributed by atoms with E-state index in [-0.39, 0.29) is 21.5 Å². The highest BCUT2D eigenvalue weighted by molar-refractivity contribution is 9.10. The van der Waals surface area contributed by atoms with Gasteiger partial charge in [0.15, 0.2) is 5.69 Å². The first-order valence-electron chi connectivity index (χ1n) is 7.01. The van der Waals surface area contributed by atoms with Gasteiger partial charge in [0.2, 0.25) is 5.91 Å². The van der Waals surface area contributed by atoms with Gasteiger partial charge in [0.25, 0.3) is 5.91 Å². The second-order valence-electron chi connectivity index (χ2n) is 5.04. The van der Waals surface area contributed by atoms with Gasteiger partial charge in [-0.2, -0.15) is 23.4 Å². The van der Waals surface area contributed by atoms with E-state index in [0.717, 1.165) is 4.68 Å². The van der Waals surface area contributed by atoms with E-state index in [1.54, 1.807) is 6.92 Å². The van der Waals surface area contributed by atoms with Crippen LogP contribution >= 0.6 is 15.9 Å². The molecule has 2 aromatic rings. The first-order valence-corrected chi connectivity index (χ1v) is 7.81. The maximum atomic E-state index is 12.8. The van der Waals surface area contributed by atoms with Crippen molar-refractivity contribution in [3.63, 3.8) is 0 Å². The lowest BCUT2D eigenvalue weighted by Crippen LogP contribution is -2.24. The lowest BCUT2D eigenvalue weighted by Gasteiger charge is -2.07. The van der Waals surface area contributed by atoms with Crippen LogP contribution in [-0.4, -0.2) is 31.4 Å². The molecule has 12 heteroatoms. The zero-order chi connectivity index (χ0) is 18.9. The minimum Gasteiger partial charge on any atom is -0.364 e. The van der Waals surface area contributed by atoms with Gasteiger partial charge in [-0.05, 0) is 29.8 Å². The van der Waals surface area contributed by atoms with Crippen LogP contribution in [0.5, 0.6) is 0 Å². The van der Waals surface area contributed by atoms with Crippen LogP contribution in [0.25, 0.3) is 0 Å². The minimum absolute atomic E-state index is 0.00481. The van der Waals surface area contributed by atoms with Crippen molar-refractivity contribution in [2.24, 2.45) is 5.73 Å². The predicted octanol–water partition coefficient (Wildman–Crippen LogP) is 1.93. The van der Waals surface area contributed by atoms with Gasteiger partial charge in [0.05, 0.1) is 22.1 Å². The maximum absolute atomic E-state index is 12.8. The van der Waals surface area contributed by atoms with Gasteiger partial charge in [-0.25, -0.2) is 0 Å². The van der Waals surface area contributed by atoms with Crippen molar-refractivity contribution in [3.05, 3.63) is 27.8 Å². The quantitative estimate of drug-likeness (QED) is 0.766. The molecule has 0 saturated heterocycles. The molecule has 0 saturated carbocycles. The van der Waals surface area contributed by atoms with Crippen molar-refractivity contribution < 1.29 is 22.8 Å². The molecule has 0 fully saturated rings. The molecular weight excluding hydrogens is 409 g/mol. The smallest absolute Gasteiger partial charge is 0.364 e. The average molecular weight is 423 g/mol. The van der Waals surface area contributed by atoms with Gasteiger partial charge in [0, 0.05) is 6.54 Å². The molecule has 0 aliphatic rings. The van der Waals surface area contributed by atoms with E-state index >= 15 is 0 Å². The Morgan fingerprint density at radius 3 is 2.48 bits per heavy atom. The molecule has 0 unspecified atom stereocenters. The number of aryl methyl sites for hydroxylation is 1. The lowest BCUT2D eigenvalue weighted by atomic mass is 10.3. The molecule has 0 spiro atoms. The Morgan fingerprint density at radius 1 is 1.36 bits per heavy atom. The number of amides is 2. The van der Waals surface area contributed by atoms with E-state index in [4.69, 9.17) is 5.73 Å². The van der Waals surface area contributed by atoms with Crippen LogP contribution in [0.3, 0.4) is 0 Å². The molecule has 25 heavy (non-hydrogen) atoms. The third-order valence-electron chi connectivity index (χ3n) is 3.34. The zero-order valence-electron chi connectivity index (χ0n) is 13.2. The summed E-state index contributed by atoms with van der Waals surface area (Å²) in [5, 5.41) is 9.73. The molecule has 2 rings (SSSR count). The van der Waals surface area contributed by atoms with Crippen LogP contribution in [0.2, 0.25) is 0 Å². The Labute approximate surface area is 148 Å². The van der Waals surface area contributed by atoms with E-state index in [1.807, 2.05) is 0 Å². The average Bonchev–Trinajstić information content (AvgIpc) is 3.02. The molecule has 0 atom stereocenters. The lowest BCUT2D eigenvalue weighted by molar-refractivity contribution is -0.142. The normalized spacial score (nSPS) is 11.6. The Bertz CT molecular complexity index is 827. The fourth-order valence-electron chi connectivity index (χ4n) is 2.16. The summed E-state index contributed by atoms with van der Waals surface area (Å²) in [5.74, 6) is -1.46. The summed E-state index contributed by atoms with van der Waals surface area (Å²) in [6, 6.07) is 0. The van der Waals surface area contributed by atoms with Gasteiger partial charge in [-0.1, -0.05) is 0 Å². The minimum atomic E-state index is -4.65. The summed E-state index contributed by atoms with van der Waals surface area (Å²) in [7, 11) is 0. The first-order chi connectivity index (χ1) is 11.6. The van der Waals surface area contributed by atoms with Crippen molar-refractivity contribution in [2.75, 3.05) is 5.32 Å². The SMILES string of the molecule is CCn1ncc(NC(=O)Cn2nc(C(F)(F)F)c(Br)c2C)c1C(N)=O. The highest BCUT2D eigenvalue weighted by Gasteiger charge is 2.38. The standard InChI is InChI=1S/C13H14BrF3N6O2/c1-3-22-10(12(18)25)7(4-19-22)20-8(24)5-23-6(2)9(14)11(21-23)13(15,16)17/h4H,3,5H2,1-2H3,(H2,18,25)(H,20,24). The van der Waals surface area contributed by atoms with Gasteiger partial charge in [-0.15, -0.1) is 0 Å². The van der Waals surface area contributed by atoms with Gasteiger partial charge < -0.3 is 11.1 Å². The number of nitrogens with two attached hydrogens (primary N) is 1. The fraction of sp³-hybridized carbons (Fsp3) is 0.385. The largest absolute Gasteiger partial charge is 0.436 e. The molecule has 0 aliphatic heterocycles. The highest BCUT2D eigenvalue weighted by atomic mass is 79.9. The molecule has 2 aromatic heterocycles. The Hall–Kier alpha value is -2.37. The van der Waals surface area contributed by atoms with Crippen LogP contribution in [0.4, 0.5) is 18.9 Å². The molecule has 0 aromatic carbocycles. The first kappa shape index (κ1) is 19.0. The number of nitrogens with zero attached hydrogens (tertiary/aromatic N) is 4. The third-order valence-corrected chi connectivity index (χ3v) is 4.29. The summed E-state index contributed by atoms with van der Waals surface area (Å²) in [5.41, 5.74) is 4.37. The van der Waals surface area contributed by atoms with Gasteiger partial charge in [-0.3, -0.25) is 19.0 Å². The number of halogens is 4. The maximum Gasteiger partial charge on any atom is 0.436 e. The Balaban J connectivity index is 2.22. The number of primary amides is 1. The molecule has 2 amide bonds. The summed E-state index contributed by atoms with van der Waals surface area (Å²) in [4.78, 5) is 23.6. The summed E-state index contributed by atoms with van der Waals surface area (Å²) >= 11 is 2.83. The fourth-order valence-corrected chi connectivity index (χ4v) is 2.67. The summed E-state index contributed by atoms with van der Waals surface area (Å²) in [6.45, 7) is 3.00. The number of hydrogen-bond acceptors (Lipinski definition) is 4. The van der Waals surface area contributed by atoms with Crippen molar-refractivity contribution >= 4 is 33.4 Å². The van der Waals surface area contributed by atoms with Crippen LogP contribution in [0.1, 0.15) is 28.8 Å². The van der Waals surface area contributed by atoms with Crippen LogP contribution in [0.15, 0.2) is 10.7 Å². The van der Waals surface area contributed by atoms with Crippen molar-refractivity contribution in [1.29, 1.82) is 0 Å². The van der Waals surface area contributed by atoms with Crippen LogP contribution in [0, 0.1) is 6.92 Å². The molecule has 0 bridgehead atoms. The molecular formula is C13H14BrF3N6O2. The molecule has 0 aliphatic carbocycles. The van der Waals surface area contributed by atoms with E-state index in [2.05, 4.69) is 31.4 Å². The predicted molar refractivity (Wildman–Crippen MR) is 84.7 cm³/mol. The number of carbonyl (C=O) groups is 2.